The molecule has 0 saturated carbocycles. The number of piperidine rings is 1. The molecule has 0 radical (unpaired) electrons. The Morgan fingerprint density at radius 3 is 2.59 bits per heavy atom. The average molecular weight is 256 g/mol. The number of carbonyl (C=O) groups is 1. The van der Waals surface area contributed by atoms with Crippen molar-refractivity contribution in [3.8, 4) is 0 Å². The molecule has 0 unspecified atom stereocenters. The average Bonchev–Trinajstić information content (AvgIpc) is 2.29. The number of carboxylic acid groups (broad SMARTS) is 1. The highest BCUT2D eigenvalue weighted by molar-refractivity contribution is 6.34. The Bertz CT molecular complexity index is 428. The van der Waals surface area contributed by atoms with Crippen LogP contribution >= 0.6 is 11.6 Å². The van der Waals surface area contributed by atoms with E-state index in [4.69, 9.17) is 16.7 Å². The molecule has 1 heterocycles. The maximum absolute atomic E-state index is 11.2. The number of aromatic carboxylic acids is 1. The summed E-state index contributed by atoms with van der Waals surface area (Å²) in [5.41, 5.74) is 0.780. The first-order valence-electron chi connectivity index (χ1n) is 5.54. The predicted octanol–water partition coefficient (Wildman–Crippen LogP) is 2.00. The summed E-state index contributed by atoms with van der Waals surface area (Å²) in [6.45, 7) is 1.31. The molecule has 0 spiro atoms. The van der Waals surface area contributed by atoms with Crippen molar-refractivity contribution in [3.63, 3.8) is 0 Å². The van der Waals surface area contributed by atoms with Crippen molar-refractivity contribution in [2.45, 2.75) is 18.9 Å². The largest absolute Gasteiger partial charge is 0.478 e. The summed E-state index contributed by atoms with van der Waals surface area (Å²) in [4.78, 5) is 13.1. The van der Waals surface area contributed by atoms with Crippen LogP contribution in [0.25, 0.3) is 0 Å². The maximum atomic E-state index is 11.2. The monoisotopic (exact) mass is 255 g/mol. The number of nitrogens with zero attached hydrogens (tertiary/aromatic N) is 1. The summed E-state index contributed by atoms with van der Waals surface area (Å²) in [6, 6.07) is 5.08. The summed E-state index contributed by atoms with van der Waals surface area (Å²) in [5, 5.41) is 18.9. The van der Waals surface area contributed by atoms with Crippen LogP contribution in [0.1, 0.15) is 23.2 Å². The number of hydrogen-bond donors (Lipinski definition) is 2. The van der Waals surface area contributed by atoms with Crippen LogP contribution in [0.4, 0.5) is 5.69 Å². The van der Waals surface area contributed by atoms with E-state index < -0.39 is 5.97 Å². The molecule has 92 valence electrons. The molecule has 0 amide bonds. The van der Waals surface area contributed by atoms with Crippen LogP contribution in [0.2, 0.25) is 5.02 Å². The van der Waals surface area contributed by atoms with Crippen LogP contribution in [0, 0.1) is 0 Å². The third-order valence-electron chi connectivity index (χ3n) is 3.01. The Morgan fingerprint density at radius 2 is 2.00 bits per heavy atom. The first-order valence-corrected chi connectivity index (χ1v) is 5.92. The van der Waals surface area contributed by atoms with E-state index in [0.29, 0.717) is 31.6 Å². The van der Waals surface area contributed by atoms with Crippen molar-refractivity contribution in [1.29, 1.82) is 0 Å². The minimum atomic E-state index is -1.02. The summed E-state index contributed by atoms with van der Waals surface area (Å²) in [5.74, 6) is -1.02. The quantitative estimate of drug-likeness (QED) is 0.849. The van der Waals surface area contributed by atoms with Crippen molar-refractivity contribution in [3.05, 3.63) is 28.8 Å². The van der Waals surface area contributed by atoms with E-state index >= 15 is 0 Å². The second-order valence-electron chi connectivity index (χ2n) is 4.16. The molecule has 17 heavy (non-hydrogen) atoms. The summed E-state index contributed by atoms with van der Waals surface area (Å²) < 4.78 is 0. The Labute approximate surface area is 104 Å². The van der Waals surface area contributed by atoms with Crippen LogP contribution < -0.4 is 4.90 Å². The van der Waals surface area contributed by atoms with Gasteiger partial charge in [-0.05, 0) is 25.0 Å². The smallest absolute Gasteiger partial charge is 0.339 e. The number of hydrogen-bond acceptors (Lipinski definition) is 3. The predicted molar refractivity (Wildman–Crippen MR) is 65.9 cm³/mol. The molecule has 1 saturated heterocycles. The van der Waals surface area contributed by atoms with Crippen molar-refractivity contribution in [1.82, 2.24) is 0 Å². The van der Waals surface area contributed by atoms with Crippen LogP contribution in [0.15, 0.2) is 18.2 Å². The number of anilines is 1. The molecule has 4 nitrogen and oxygen atoms in total. The maximum Gasteiger partial charge on any atom is 0.339 e. The lowest BCUT2D eigenvalue weighted by Crippen LogP contribution is -2.36. The van der Waals surface area contributed by atoms with E-state index in [9.17, 15) is 9.90 Å². The van der Waals surface area contributed by atoms with E-state index in [1.54, 1.807) is 18.2 Å². The lowest BCUT2D eigenvalue weighted by Gasteiger charge is -2.32. The van der Waals surface area contributed by atoms with E-state index in [1.165, 1.54) is 0 Å². The molecule has 1 aliphatic heterocycles. The first-order chi connectivity index (χ1) is 8.09. The van der Waals surface area contributed by atoms with Gasteiger partial charge in [0.1, 0.15) is 5.56 Å². The van der Waals surface area contributed by atoms with E-state index in [0.717, 1.165) is 0 Å². The highest BCUT2D eigenvalue weighted by Crippen LogP contribution is 2.29. The number of aliphatic hydroxyl groups excluding tert-OH is 1. The normalized spacial score (nSPS) is 17.2. The van der Waals surface area contributed by atoms with Gasteiger partial charge in [0.25, 0.3) is 0 Å². The van der Waals surface area contributed by atoms with Crippen LogP contribution in [0.5, 0.6) is 0 Å². The van der Waals surface area contributed by atoms with Gasteiger partial charge in [0.15, 0.2) is 0 Å². The molecule has 0 bridgehead atoms. The fraction of sp³-hybridized carbons (Fsp3) is 0.417. The van der Waals surface area contributed by atoms with Gasteiger partial charge in [-0.1, -0.05) is 17.7 Å². The Balaban J connectivity index is 2.32. The lowest BCUT2D eigenvalue weighted by atomic mass is 10.1. The fourth-order valence-corrected chi connectivity index (χ4v) is 2.35. The molecule has 1 fully saturated rings. The van der Waals surface area contributed by atoms with E-state index in [2.05, 4.69) is 0 Å². The molecule has 1 aromatic rings. The highest BCUT2D eigenvalue weighted by Gasteiger charge is 2.23. The van der Waals surface area contributed by atoms with Gasteiger partial charge in [-0.25, -0.2) is 4.79 Å². The zero-order chi connectivity index (χ0) is 12.4. The first kappa shape index (κ1) is 12.2. The molecule has 2 rings (SSSR count). The van der Waals surface area contributed by atoms with Crippen molar-refractivity contribution >= 4 is 23.3 Å². The Morgan fingerprint density at radius 1 is 1.35 bits per heavy atom. The molecule has 1 aliphatic rings. The number of halogens is 1. The van der Waals surface area contributed by atoms with E-state index in [1.807, 2.05) is 4.90 Å². The van der Waals surface area contributed by atoms with Gasteiger partial charge >= 0.3 is 5.97 Å². The number of rotatable bonds is 2. The van der Waals surface area contributed by atoms with Crippen LogP contribution in [-0.4, -0.2) is 35.4 Å². The molecular weight excluding hydrogens is 242 g/mol. The summed E-state index contributed by atoms with van der Waals surface area (Å²) in [6.07, 6.45) is 1.04. The van der Waals surface area contributed by atoms with Gasteiger partial charge in [0, 0.05) is 13.1 Å². The van der Waals surface area contributed by atoms with Crippen LogP contribution in [0.3, 0.4) is 0 Å². The van der Waals surface area contributed by atoms with Crippen LogP contribution in [-0.2, 0) is 0 Å². The zero-order valence-electron chi connectivity index (χ0n) is 9.27. The summed E-state index contributed by atoms with van der Waals surface area (Å²) in [7, 11) is 0. The number of benzene rings is 1. The Kier molecular flexibility index (Phi) is 3.54. The standard InChI is InChI=1S/C12H14ClNO3/c13-9-2-1-3-10(11(9)12(16)17)14-6-4-8(15)5-7-14/h1-3,8,15H,4-7H2,(H,16,17). The molecule has 0 aromatic heterocycles. The van der Waals surface area contributed by atoms with Gasteiger partial charge in [0.2, 0.25) is 0 Å². The van der Waals surface area contributed by atoms with Gasteiger partial charge in [-0.2, -0.15) is 0 Å². The number of carboxylic acids is 1. The second kappa shape index (κ2) is 4.94. The van der Waals surface area contributed by atoms with Crippen molar-refractivity contribution in [2.24, 2.45) is 0 Å². The minimum absolute atomic E-state index is 0.144. The molecule has 5 heteroatoms. The molecule has 0 aliphatic carbocycles. The molecule has 0 atom stereocenters. The fourth-order valence-electron chi connectivity index (χ4n) is 2.09. The Hall–Kier alpha value is -1.26. The van der Waals surface area contributed by atoms with Gasteiger partial charge < -0.3 is 15.1 Å². The van der Waals surface area contributed by atoms with Crippen molar-refractivity contribution in [2.75, 3.05) is 18.0 Å². The topological polar surface area (TPSA) is 60.8 Å². The molecular formula is C12H14ClNO3. The molecule has 1 aromatic carbocycles. The number of aliphatic hydroxyl groups is 1. The van der Waals surface area contributed by atoms with Gasteiger partial charge in [0.05, 0.1) is 16.8 Å². The molecule has 2 N–H and O–H groups in total. The second-order valence-corrected chi connectivity index (χ2v) is 4.56. The zero-order valence-corrected chi connectivity index (χ0v) is 10.0. The van der Waals surface area contributed by atoms with Crippen molar-refractivity contribution < 1.29 is 15.0 Å². The summed E-state index contributed by atoms with van der Waals surface area (Å²) >= 11 is 5.92. The minimum Gasteiger partial charge on any atom is -0.478 e. The third-order valence-corrected chi connectivity index (χ3v) is 3.33. The highest BCUT2D eigenvalue weighted by atomic mass is 35.5. The van der Waals surface area contributed by atoms with Gasteiger partial charge in [-0.15, -0.1) is 0 Å². The van der Waals surface area contributed by atoms with Gasteiger partial charge in [-0.3, -0.25) is 0 Å². The van der Waals surface area contributed by atoms with E-state index in [-0.39, 0.29) is 16.7 Å². The lowest BCUT2D eigenvalue weighted by molar-refractivity contribution is 0.0697. The SMILES string of the molecule is O=C(O)c1c(Cl)cccc1N1CCC(O)CC1. The third kappa shape index (κ3) is 2.53.